The zero-order chi connectivity index (χ0) is 16.8. The van der Waals surface area contributed by atoms with Crippen LogP contribution in [0.25, 0.3) is 6.08 Å². The highest BCUT2D eigenvalue weighted by atomic mass is 19.3. The van der Waals surface area contributed by atoms with Crippen LogP contribution in [0.5, 0.6) is 5.75 Å². The van der Waals surface area contributed by atoms with Gasteiger partial charge in [-0.05, 0) is 35.9 Å². The number of non-ortho nitro benzene ring substituents is 1. The van der Waals surface area contributed by atoms with E-state index in [1.807, 2.05) is 0 Å². The fraction of sp³-hybridized carbons (Fsp3) is 0.0625. The van der Waals surface area contributed by atoms with Gasteiger partial charge in [-0.15, -0.1) is 0 Å². The Morgan fingerprint density at radius 3 is 2.48 bits per heavy atom. The molecule has 0 unspecified atom stereocenters. The fourth-order valence-corrected chi connectivity index (χ4v) is 1.81. The van der Waals surface area contributed by atoms with Crippen LogP contribution in [0.4, 0.5) is 14.5 Å². The van der Waals surface area contributed by atoms with Gasteiger partial charge in [0.05, 0.1) is 4.92 Å². The summed E-state index contributed by atoms with van der Waals surface area (Å²) >= 11 is 0. The first-order chi connectivity index (χ1) is 11.0. The summed E-state index contributed by atoms with van der Waals surface area (Å²) in [5.74, 6) is -0.403. The molecule has 0 bridgehead atoms. The van der Waals surface area contributed by atoms with Crippen LogP contribution in [-0.4, -0.2) is 17.3 Å². The third kappa shape index (κ3) is 4.70. The van der Waals surface area contributed by atoms with E-state index in [9.17, 15) is 23.7 Å². The monoisotopic (exact) mass is 319 g/mol. The van der Waals surface area contributed by atoms with Crippen molar-refractivity contribution in [3.05, 3.63) is 75.8 Å². The molecule has 0 atom stereocenters. The molecule has 0 heterocycles. The van der Waals surface area contributed by atoms with Gasteiger partial charge in [0.25, 0.3) is 5.69 Å². The summed E-state index contributed by atoms with van der Waals surface area (Å²) in [6.07, 6.45) is 2.70. The molecule has 0 N–H and O–H groups in total. The smallest absolute Gasteiger partial charge is 0.387 e. The van der Waals surface area contributed by atoms with E-state index in [-0.39, 0.29) is 22.8 Å². The van der Waals surface area contributed by atoms with Gasteiger partial charge < -0.3 is 4.74 Å². The lowest BCUT2D eigenvalue weighted by Crippen LogP contribution is -2.02. The number of nitro groups is 1. The van der Waals surface area contributed by atoms with E-state index in [2.05, 4.69) is 4.74 Å². The van der Waals surface area contributed by atoms with E-state index >= 15 is 0 Å². The molecule has 23 heavy (non-hydrogen) atoms. The largest absolute Gasteiger partial charge is 0.435 e. The molecule has 0 aliphatic carbocycles. The van der Waals surface area contributed by atoms with Gasteiger partial charge in [0.2, 0.25) is 0 Å². The van der Waals surface area contributed by atoms with Crippen LogP contribution < -0.4 is 4.74 Å². The molecule has 7 heteroatoms. The third-order valence-electron chi connectivity index (χ3n) is 2.87. The van der Waals surface area contributed by atoms with Gasteiger partial charge in [-0.1, -0.05) is 18.2 Å². The normalized spacial score (nSPS) is 10.9. The Bertz CT molecular complexity index is 742. The fourth-order valence-electron chi connectivity index (χ4n) is 1.81. The van der Waals surface area contributed by atoms with Crippen LogP contribution in [0.15, 0.2) is 54.6 Å². The minimum atomic E-state index is -2.93. The number of hydrogen-bond acceptors (Lipinski definition) is 4. The number of carbonyl (C=O) groups excluding carboxylic acids is 1. The lowest BCUT2D eigenvalue weighted by Gasteiger charge is -2.04. The molecule has 2 rings (SSSR count). The van der Waals surface area contributed by atoms with Crippen molar-refractivity contribution in [3.8, 4) is 5.75 Å². The van der Waals surface area contributed by atoms with E-state index in [4.69, 9.17) is 0 Å². The van der Waals surface area contributed by atoms with Crippen LogP contribution in [0, 0.1) is 10.1 Å². The highest BCUT2D eigenvalue weighted by Crippen LogP contribution is 2.17. The van der Waals surface area contributed by atoms with Gasteiger partial charge in [0.15, 0.2) is 5.78 Å². The lowest BCUT2D eigenvalue weighted by molar-refractivity contribution is -0.384. The number of nitrogens with zero attached hydrogens (tertiary/aromatic N) is 1. The zero-order valence-corrected chi connectivity index (χ0v) is 11.7. The third-order valence-corrected chi connectivity index (χ3v) is 2.87. The summed E-state index contributed by atoms with van der Waals surface area (Å²) in [5.41, 5.74) is 0.714. The summed E-state index contributed by atoms with van der Waals surface area (Å²) in [7, 11) is 0. The minimum absolute atomic E-state index is 0.0424. The van der Waals surface area contributed by atoms with Crippen molar-refractivity contribution in [2.75, 3.05) is 0 Å². The summed E-state index contributed by atoms with van der Waals surface area (Å²) < 4.78 is 28.2. The number of halogens is 2. The van der Waals surface area contributed by atoms with Crippen molar-refractivity contribution >= 4 is 17.5 Å². The number of benzene rings is 2. The van der Waals surface area contributed by atoms with Gasteiger partial charge >= 0.3 is 6.61 Å². The van der Waals surface area contributed by atoms with Crippen molar-refractivity contribution in [2.24, 2.45) is 0 Å². The predicted octanol–water partition coefficient (Wildman–Crippen LogP) is 4.09. The first-order valence-corrected chi connectivity index (χ1v) is 6.47. The van der Waals surface area contributed by atoms with Gasteiger partial charge in [-0.2, -0.15) is 8.78 Å². The summed E-state index contributed by atoms with van der Waals surface area (Å²) in [4.78, 5) is 22.1. The number of rotatable bonds is 6. The molecule has 0 spiro atoms. The van der Waals surface area contributed by atoms with Crippen molar-refractivity contribution in [1.82, 2.24) is 0 Å². The van der Waals surface area contributed by atoms with Gasteiger partial charge in [0.1, 0.15) is 5.75 Å². The molecular formula is C16H11F2NO4. The van der Waals surface area contributed by atoms with Crippen LogP contribution in [0.3, 0.4) is 0 Å². The van der Waals surface area contributed by atoms with Crippen LogP contribution in [-0.2, 0) is 0 Å². The second-order valence-corrected chi connectivity index (χ2v) is 4.45. The Hall–Kier alpha value is -3.09. The second-order valence-electron chi connectivity index (χ2n) is 4.45. The topological polar surface area (TPSA) is 69.4 Å². The van der Waals surface area contributed by atoms with Crippen molar-refractivity contribution in [3.63, 3.8) is 0 Å². The zero-order valence-electron chi connectivity index (χ0n) is 11.7. The molecule has 0 aliphatic rings. The maximum Gasteiger partial charge on any atom is 0.387 e. The van der Waals surface area contributed by atoms with E-state index in [1.165, 1.54) is 54.6 Å². The summed E-state index contributed by atoms with van der Waals surface area (Å²) in [6, 6.07) is 11.1. The number of carbonyl (C=O) groups is 1. The predicted molar refractivity (Wildman–Crippen MR) is 79.5 cm³/mol. The van der Waals surface area contributed by atoms with E-state index < -0.39 is 11.5 Å². The highest BCUT2D eigenvalue weighted by molar-refractivity contribution is 6.06. The molecule has 2 aromatic rings. The summed E-state index contributed by atoms with van der Waals surface area (Å²) in [5, 5.41) is 10.7. The van der Waals surface area contributed by atoms with E-state index in [0.29, 0.717) is 5.56 Å². The molecule has 118 valence electrons. The second kappa shape index (κ2) is 7.26. The quantitative estimate of drug-likeness (QED) is 0.348. The number of allylic oxidation sites excluding steroid dienone is 1. The Labute approximate surface area is 130 Å². The van der Waals surface area contributed by atoms with Gasteiger partial charge in [0, 0.05) is 17.7 Å². The van der Waals surface area contributed by atoms with Crippen LogP contribution >= 0.6 is 0 Å². The first-order valence-electron chi connectivity index (χ1n) is 6.47. The molecule has 0 fully saturated rings. The van der Waals surface area contributed by atoms with Crippen LogP contribution in [0.1, 0.15) is 15.9 Å². The summed E-state index contributed by atoms with van der Waals surface area (Å²) in [6.45, 7) is -2.93. The van der Waals surface area contributed by atoms with Crippen LogP contribution in [0.2, 0.25) is 0 Å². The molecule has 0 radical (unpaired) electrons. The number of nitro benzene ring substituents is 1. The Balaban J connectivity index is 2.09. The molecule has 0 amide bonds. The van der Waals surface area contributed by atoms with Crippen molar-refractivity contribution in [2.45, 2.75) is 6.61 Å². The van der Waals surface area contributed by atoms with Crippen molar-refractivity contribution in [1.29, 1.82) is 0 Å². The van der Waals surface area contributed by atoms with E-state index in [0.717, 1.165) is 0 Å². The molecule has 0 aromatic heterocycles. The number of alkyl halides is 2. The Morgan fingerprint density at radius 1 is 1.17 bits per heavy atom. The number of ether oxygens (including phenoxy) is 1. The van der Waals surface area contributed by atoms with Gasteiger partial charge in [-0.25, -0.2) is 0 Å². The molecular weight excluding hydrogens is 308 g/mol. The molecule has 0 aliphatic heterocycles. The average molecular weight is 319 g/mol. The van der Waals surface area contributed by atoms with E-state index in [1.54, 1.807) is 6.07 Å². The SMILES string of the molecule is O=C(/C=C/c1cccc([N+](=O)[O-])c1)c1ccc(OC(F)F)cc1. The standard InChI is InChI=1S/C16H11F2NO4/c17-16(18)23-14-7-5-12(6-8-14)15(20)9-4-11-2-1-3-13(10-11)19(21)22/h1-10,16H/b9-4+. The Kier molecular flexibility index (Phi) is 5.14. The number of hydrogen-bond donors (Lipinski definition) is 0. The van der Waals surface area contributed by atoms with Gasteiger partial charge in [-0.3, -0.25) is 14.9 Å². The first kappa shape index (κ1) is 16.3. The molecule has 5 nitrogen and oxygen atoms in total. The van der Waals surface area contributed by atoms with Crippen molar-refractivity contribution < 1.29 is 23.2 Å². The highest BCUT2D eigenvalue weighted by Gasteiger charge is 2.07. The Morgan fingerprint density at radius 2 is 1.87 bits per heavy atom. The minimum Gasteiger partial charge on any atom is -0.435 e. The number of ketones is 1. The molecule has 0 saturated heterocycles. The maximum absolute atomic E-state index is 12.0. The lowest BCUT2D eigenvalue weighted by atomic mass is 10.1. The molecule has 0 saturated carbocycles. The average Bonchev–Trinajstić information content (AvgIpc) is 2.53. The maximum atomic E-state index is 12.0. The molecule has 2 aromatic carbocycles.